The van der Waals surface area contributed by atoms with Crippen molar-refractivity contribution in [2.24, 2.45) is 0 Å². The van der Waals surface area contributed by atoms with Crippen LogP contribution in [0.2, 0.25) is 0 Å². The van der Waals surface area contributed by atoms with E-state index in [2.05, 4.69) is 15.3 Å². The van der Waals surface area contributed by atoms with Crippen molar-refractivity contribution in [3.05, 3.63) is 90.0 Å². The molecule has 1 saturated heterocycles. The molecule has 3 aromatic rings. The summed E-state index contributed by atoms with van der Waals surface area (Å²) in [6.45, 7) is 1.46. The zero-order chi connectivity index (χ0) is 21.5. The number of nitrogens with zero attached hydrogens (tertiary/aromatic N) is 3. The molecule has 7 nitrogen and oxygen atoms in total. The number of ether oxygens (including phenoxy) is 1. The molecule has 158 valence electrons. The molecule has 0 aliphatic carbocycles. The maximum atomic E-state index is 13.4. The van der Waals surface area contributed by atoms with Crippen LogP contribution in [0.1, 0.15) is 34.3 Å². The number of anilines is 1. The van der Waals surface area contributed by atoms with Gasteiger partial charge in [-0.25, -0.2) is 0 Å². The molecule has 0 saturated carbocycles. The molecule has 3 heterocycles. The molecule has 1 aliphatic rings. The molecule has 1 aromatic carbocycles. The standard InChI is InChI=1S/C24H24N4O3/c29-23(22-7-3-13-31-22)27-21-6-1-5-20(14-21)24(30)28(16-18-8-11-25-12-9-18)17-19-4-2-10-26-15-19/h1-2,4-6,8-12,14-15,22H,3,7,13,16-17H2,(H,27,29). The van der Waals surface area contributed by atoms with Crippen LogP contribution in [0.4, 0.5) is 5.69 Å². The molecule has 1 atom stereocenters. The Morgan fingerprint density at radius 2 is 1.84 bits per heavy atom. The highest BCUT2D eigenvalue weighted by Crippen LogP contribution is 2.19. The predicted molar refractivity (Wildman–Crippen MR) is 116 cm³/mol. The number of rotatable bonds is 7. The lowest BCUT2D eigenvalue weighted by atomic mass is 10.1. The first-order valence-electron chi connectivity index (χ1n) is 10.3. The number of hydrogen-bond acceptors (Lipinski definition) is 5. The van der Waals surface area contributed by atoms with Gasteiger partial charge < -0.3 is 15.0 Å². The van der Waals surface area contributed by atoms with Crippen molar-refractivity contribution < 1.29 is 14.3 Å². The van der Waals surface area contributed by atoms with E-state index >= 15 is 0 Å². The van der Waals surface area contributed by atoms with E-state index < -0.39 is 6.10 Å². The van der Waals surface area contributed by atoms with Crippen LogP contribution in [-0.4, -0.2) is 39.4 Å². The topological polar surface area (TPSA) is 84.4 Å². The third-order valence-electron chi connectivity index (χ3n) is 5.11. The van der Waals surface area contributed by atoms with Crippen LogP contribution < -0.4 is 5.32 Å². The van der Waals surface area contributed by atoms with Gasteiger partial charge in [-0.1, -0.05) is 12.1 Å². The summed E-state index contributed by atoms with van der Waals surface area (Å²) in [6, 6.07) is 14.6. The number of hydrogen-bond donors (Lipinski definition) is 1. The van der Waals surface area contributed by atoms with Crippen molar-refractivity contribution in [2.45, 2.75) is 32.0 Å². The fraction of sp³-hybridized carbons (Fsp3) is 0.250. The molecule has 7 heteroatoms. The summed E-state index contributed by atoms with van der Waals surface area (Å²) in [4.78, 5) is 35.7. The third-order valence-corrected chi connectivity index (χ3v) is 5.11. The summed E-state index contributed by atoms with van der Waals surface area (Å²) in [7, 11) is 0. The van der Waals surface area contributed by atoms with E-state index in [4.69, 9.17) is 4.74 Å². The summed E-state index contributed by atoms with van der Waals surface area (Å²) in [6.07, 6.45) is 8.06. The SMILES string of the molecule is O=C(Nc1cccc(C(=O)N(Cc2ccncc2)Cc2cccnc2)c1)C1CCCO1. The monoisotopic (exact) mass is 416 g/mol. The minimum atomic E-state index is -0.423. The van der Waals surface area contributed by atoms with Crippen molar-refractivity contribution in [1.82, 2.24) is 14.9 Å². The first-order valence-corrected chi connectivity index (χ1v) is 10.3. The lowest BCUT2D eigenvalue weighted by Gasteiger charge is -2.23. The van der Waals surface area contributed by atoms with E-state index in [1.807, 2.05) is 24.3 Å². The quantitative estimate of drug-likeness (QED) is 0.638. The summed E-state index contributed by atoms with van der Waals surface area (Å²) < 4.78 is 5.44. The van der Waals surface area contributed by atoms with Crippen molar-refractivity contribution in [2.75, 3.05) is 11.9 Å². The smallest absolute Gasteiger partial charge is 0.254 e. The van der Waals surface area contributed by atoms with Crippen LogP contribution in [0.3, 0.4) is 0 Å². The van der Waals surface area contributed by atoms with E-state index in [-0.39, 0.29) is 11.8 Å². The molecule has 1 aliphatic heterocycles. The Bertz CT molecular complexity index is 980. The first kappa shape index (κ1) is 20.7. The lowest BCUT2D eigenvalue weighted by Crippen LogP contribution is -2.30. The second-order valence-electron chi connectivity index (χ2n) is 7.45. The van der Waals surface area contributed by atoms with Gasteiger partial charge in [0.1, 0.15) is 6.10 Å². The van der Waals surface area contributed by atoms with Crippen LogP contribution in [0, 0.1) is 0 Å². The van der Waals surface area contributed by atoms with Gasteiger partial charge in [0, 0.05) is 55.7 Å². The highest BCUT2D eigenvalue weighted by atomic mass is 16.5. The van der Waals surface area contributed by atoms with Crippen LogP contribution in [0.25, 0.3) is 0 Å². The fourth-order valence-corrected chi connectivity index (χ4v) is 3.54. The molecular formula is C24H24N4O3. The van der Waals surface area contributed by atoms with Crippen molar-refractivity contribution in [3.63, 3.8) is 0 Å². The number of pyridine rings is 2. The number of carbonyl (C=O) groups excluding carboxylic acids is 2. The van der Waals surface area contributed by atoms with Crippen molar-refractivity contribution in [3.8, 4) is 0 Å². The van der Waals surface area contributed by atoms with Gasteiger partial charge in [0.15, 0.2) is 0 Å². The summed E-state index contributed by atoms with van der Waals surface area (Å²) >= 11 is 0. The summed E-state index contributed by atoms with van der Waals surface area (Å²) in [5.41, 5.74) is 3.00. The number of aromatic nitrogens is 2. The maximum Gasteiger partial charge on any atom is 0.254 e. The molecule has 2 amide bonds. The van der Waals surface area contributed by atoms with Gasteiger partial charge in [0.05, 0.1) is 0 Å². The average molecular weight is 416 g/mol. The molecule has 0 spiro atoms. The Morgan fingerprint density at radius 3 is 2.58 bits per heavy atom. The minimum absolute atomic E-state index is 0.131. The molecule has 1 N–H and O–H groups in total. The van der Waals surface area contributed by atoms with E-state index in [1.165, 1.54) is 0 Å². The number of benzene rings is 1. The molecule has 2 aromatic heterocycles. The van der Waals surface area contributed by atoms with E-state index in [9.17, 15) is 9.59 Å². The van der Waals surface area contributed by atoms with E-state index in [0.29, 0.717) is 30.9 Å². The van der Waals surface area contributed by atoms with Gasteiger partial charge in [-0.3, -0.25) is 19.6 Å². The number of nitrogens with one attached hydrogen (secondary N) is 1. The Kier molecular flexibility index (Phi) is 6.64. The maximum absolute atomic E-state index is 13.4. The Morgan fingerprint density at radius 1 is 1.00 bits per heavy atom. The normalized spacial score (nSPS) is 15.4. The molecular weight excluding hydrogens is 392 g/mol. The molecule has 31 heavy (non-hydrogen) atoms. The van der Waals surface area contributed by atoms with Crippen LogP contribution in [-0.2, 0) is 22.6 Å². The zero-order valence-electron chi connectivity index (χ0n) is 17.1. The molecule has 1 fully saturated rings. The zero-order valence-corrected chi connectivity index (χ0v) is 17.1. The van der Waals surface area contributed by atoms with Crippen molar-refractivity contribution >= 4 is 17.5 Å². The Balaban J connectivity index is 1.53. The lowest BCUT2D eigenvalue weighted by molar-refractivity contribution is -0.124. The van der Waals surface area contributed by atoms with E-state index in [1.54, 1.807) is 54.0 Å². The van der Waals surface area contributed by atoms with Gasteiger partial charge >= 0.3 is 0 Å². The highest BCUT2D eigenvalue weighted by molar-refractivity contribution is 5.98. The average Bonchev–Trinajstić information content (AvgIpc) is 3.35. The molecule has 1 unspecified atom stereocenters. The third kappa shape index (κ3) is 5.52. The molecule has 0 bridgehead atoms. The second-order valence-corrected chi connectivity index (χ2v) is 7.45. The van der Waals surface area contributed by atoms with Gasteiger partial charge in [-0.15, -0.1) is 0 Å². The van der Waals surface area contributed by atoms with Gasteiger partial charge in [0.2, 0.25) is 0 Å². The molecule has 0 radical (unpaired) electrons. The predicted octanol–water partition coefficient (Wildman–Crippen LogP) is 3.44. The van der Waals surface area contributed by atoms with Gasteiger partial charge in [-0.2, -0.15) is 0 Å². The Hall–Kier alpha value is -3.58. The van der Waals surface area contributed by atoms with Gasteiger partial charge in [-0.05, 0) is 60.4 Å². The first-order chi connectivity index (χ1) is 15.2. The van der Waals surface area contributed by atoms with Crippen LogP contribution in [0.15, 0.2) is 73.3 Å². The fourth-order valence-electron chi connectivity index (χ4n) is 3.54. The van der Waals surface area contributed by atoms with Crippen molar-refractivity contribution in [1.29, 1.82) is 0 Å². The van der Waals surface area contributed by atoms with Crippen LogP contribution >= 0.6 is 0 Å². The summed E-state index contributed by atoms with van der Waals surface area (Å²) in [5, 5.41) is 2.86. The number of carbonyl (C=O) groups is 2. The number of amides is 2. The van der Waals surface area contributed by atoms with E-state index in [0.717, 1.165) is 24.0 Å². The Labute approximate surface area is 181 Å². The highest BCUT2D eigenvalue weighted by Gasteiger charge is 2.24. The largest absolute Gasteiger partial charge is 0.368 e. The second kappa shape index (κ2) is 9.95. The molecule has 4 rings (SSSR count). The minimum Gasteiger partial charge on any atom is -0.368 e. The summed E-state index contributed by atoms with van der Waals surface area (Å²) in [5.74, 6) is -0.306. The van der Waals surface area contributed by atoms with Gasteiger partial charge in [0.25, 0.3) is 11.8 Å². The van der Waals surface area contributed by atoms with Crippen LogP contribution in [0.5, 0.6) is 0 Å².